The topological polar surface area (TPSA) is 76.1 Å². The highest BCUT2D eigenvalue weighted by Crippen LogP contribution is 2.29. The van der Waals surface area contributed by atoms with Gasteiger partial charge in [0.15, 0.2) is 5.16 Å². The lowest BCUT2D eigenvalue weighted by atomic mass is 10.2. The number of anilines is 2. The summed E-state index contributed by atoms with van der Waals surface area (Å²) in [6.07, 6.45) is 0. The fourth-order valence-electron chi connectivity index (χ4n) is 2.38. The number of ether oxygens (including phenoxy) is 1. The molecule has 0 radical (unpaired) electrons. The van der Waals surface area contributed by atoms with E-state index in [2.05, 4.69) is 20.6 Å². The summed E-state index contributed by atoms with van der Waals surface area (Å²) in [6.45, 7) is 0.961. The van der Waals surface area contributed by atoms with E-state index < -0.39 is 0 Å². The summed E-state index contributed by atoms with van der Waals surface area (Å²) in [6, 6.07) is 15.2. The number of para-hydroxylation sites is 2. The maximum Gasteiger partial charge on any atom is 0.230 e. The fourth-order valence-corrected chi connectivity index (χ4v) is 3.24. The van der Waals surface area contributed by atoms with Crippen LogP contribution in [0.1, 0.15) is 0 Å². The first-order valence-electron chi connectivity index (χ1n) is 8.34. The third-order valence-electron chi connectivity index (χ3n) is 3.67. The number of rotatable bonds is 8. The second kappa shape index (κ2) is 9.55. The van der Waals surface area contributed by atoms with Crippen molar-refractivity contribution in [3.8, 4) is 0 Å². The van der Waals surface area contributed by atoms with Crippen molar-refractivity contribution in [2.45, 2.75) is 5.16 Å². The second-order valence-electron chi connectivity index (χ2n) is 5.61. The van der Waals surface area contributed by atoms with Crippen molar-refractivity contribution in [1.29, 1.82) is 0 Å². The molecule has 0 saturated carbocycles. The van der Waals surface area contributed by atoms with Gasteiger partial charge in [-0.25, -0.2) is 9.97 Å². The molecular weight excluding hydrogens is 384 g/mol. The second-order valence-corrected chi connectivity index (χ2v) is 6.96. The van der Waals surface area contributed by atoms with E-state index in [9.17, 15) is 4.79 Å². The quantitative estimate of drug-likeness (QED) is 0.338. The number of carbonyl (C=O) groups is 1. The molecule has 2 N–H and O–H groups in total. The minimum atomic E-state index is -0.0885. The third kappa shape index (κ3) is 5.32. The van der Waals surface area contributed by atoms with Crippen LogP contribution in [-0.4, -0.2) is 41.9 Å². The smallest absolute Gasteiger partial charge is 0.230 e. The van der Waals surface area contributed by atoms with Crippen molar-refractivity contribution in [1.82, 2.24) is 15.3 Å². The Labute approximate surface area is 166 Å². The number of fused-ring (bicyclic) bond motifs is 1. The molecule has 0 bridgehead atoms. The monoisotopic (exact) mass is 402 g/mol. The lowest BCUT2D eigenvalue weighted by molar-refractivity contribution is -0.118. The van der Waals surface area contributed by atoms with Crippen LogP contribution in [0.3, 0.4) is 0 Å². The predicted octanol–water partition coefficient (Wildman–Crippen LogP) is 3.88. The van der Waals surface area contributed by atoms with Crippen molar-refractivity contribution >= 4 is 51.7 Å². The Balaban J connectivity index is 1.81. The SMILES string of the molecule is COCCNC(=O)CSc1nc(Nc2ccccc2Cl)c2ccccc2n1. The van der Waals surface area contributed by atoms with Crippen LogP contribution in [0.2, 0.25) is 5.02 Å². The number of hydrogen-bond donors (Lipinski definition) is 2. The highest BCUT2D eigenvalue weighted by Gasteiger charge is 2.11. The Morgan fingerprint density at radius 2 is 1.93 bits per heavy atom. The molecule has 8 heteroatoms. The summed E-state index contributed by atoms with van der Waals surface area (Å²) >= 11 is 7.54. The Bertz CT molecular complexity index is 938. The molecule has 2 aromatic carbocycles. The van der Waals surface area contributed by atoms with Crippen molar-refractivity contribution in [2.75, 3.05) is 31.3 Å². The molecule has 0 fully saturated rings. The minimum absolute atomic E-state index is 0.0885. The number of carbonyl (C=O) groups excluding carboxylic acids is 1. The molecule has 0 aliphatic heterocycles. The molecule has 0 unspecified atom stereocenters. The van der Waals surface area contributed by atoms with Crippen molar-refractivity contribution in [3.63, 3.8) is 0 Å². The Morgan fingerprint density at radius 1 is 1.15 bits per heavy atom. The molecule has 0 aliphatic rings. The maximum atomic E-state index is 11.9. The first-order valence-corrected chi connectivity index (χ1v) is 9.70. The van der Waals surface area contributed by atoms with E-state index >= 15 is 0 Å². The number of amides is 1. The van der Waals surface area contributed by atoms with E-state index in [4.69, 9.17) is 16.3 Å². The predicted molar refractivity (Wildman–Crippen MR) is 110 cm³/mol. The zero-order chi connectivity index (χ0) is 19.1. The zero-order valence-corrected chi connectivity index (χ0v) is 16.3. The van der Waals surface area contributed by atoms with Gasteiger partial charge in [0, 0.05) is 19.0 Å². The molecule has 3 rings (SSSR count). The lowest BCUT2D eigenvalue weighted by Gasteiger charge is -2.11. The summed E-state index contributed by atoms with van der Waals surface area (Å²) in [7, 11) is 1.59. The molecule has 6 nitrogen and oxygen atoms in total. The van der Waals surface area contributed by atoms with E-state index in [0.717, 1.165) is 16.6 Å². The Kier molecular flexibility index (Phi) is 6.86. The molecule has 140 valence electrons. The molecule has 0 saturated heterocycles. The Hall–Kier alpha value is -2.35. The van der Waals surface area contributed by atoms with Gasteiger partial charge < -0.3 is 15.4 Å². The molecule has 0 atom stereocenters. The highest BCUT2D eigenvalue weighted by atomic mass is 35.5. The number of nitrogens with zero attached hydrogens (tertiary/aromatic N) is 2. The fraction of sp³-hybridized carbons (Fsp3) is 0.211. The van der Waals surface area contributed by atoms with Crippen LogP contribution in [0.15, 0.2) is 53.7 Å². The summed E-state index contributed by atoms with van der Waals surface area (Å²) in [5.74, 6) is 0.790. The van der Waals surface area contributed by atoms with Crippen molar-refractivity contribution in [3.05, 3.63) is 53.6 Å². The molecule has 0 aliphatic carbocycles. The molecule has 1 aromatic heterocycles. The van der Waals surface area contributed by atoms with Crippen molar-refractivity contribution < 1.29 is 9.53 Å². The van der Waals surface area contributed by atoms with Gasteiger partial charge in [-0.05, 0) is 24.3 Å². The number of halogens is 1. The van der Waals surface area contributed by atoms with Gasteiger partial charge in [-0.3, -0.25) is 4.79 Å². The van der Waals surface area contributed by atoms with Crippen LogP contribution in [0.4, 0.5) is 11.5 Å². The van der Waals surface area contributed by atoms with Crippen LogP contribution in [-0.2, 0) is 9.53 Å². The largest absolute Gasteiger partial charge is 0.383 e. The maximum absolute atomic E-state index is 11.9. The van der Waals surface area contributed by atoms with Crippen molar-refractivity contribution in [2.24, 2.45) is 0 Å². The van der Waals surface area contributed by atoms with Gasteiger partial charge in [0.1, 0.15) is 5.82 Å². The number of nitrogens with one attached hydrogen (secondary N) is 2. The van der Waals surface area contributed by atoms with Gasteiger partial charge in [-0.15, -0.1) is 0 Å². The molecule has 1 heterocycles. The van der Waals surface area contributed by atoms with Gasteiger partial charge in [0.2, 0.25) is 5.91 Å². The standard InChI is InChI=1S/C19H19ClN4O2S/c1-26-11-10-21-17(25)12-27-19-23-15-8-4-2-6-13(15)18(24-19)22-16-9-5-3-7-14(16)20/h2-9H,10-12H2,1H3,(H,21,25)(H,22,23,24). The molecule has 1 amide bonds. The van der Waals surface area contributed by atoms with E-state index in [1.165, 1.54) is 11.8 Å². The van der Waals surface area contributed by atoms with Crippen LogP contribution in [0, 0.1) is 0 Å². The highest BCUT2D eigenvalue weighted by molar-refractivity contribution is 7.99. The molecule has 3 aromatic rings. The van der Waals surface area contributed by atoms with E-state index in [1.54, 1.807) is 7.11 Å². The van der Waals surface area contributed by atoms with Crippen LogP contribution < -0.4 is 10.6 Å². The number of aromatic nitrogens is 2. The van der Waals surface area contributed by atoms with E-state index in [-0.39, 0.29) is 11.7 Å². The first-order chi connectivity index (χ1) is 13.2. The van der Waals surface area contributed by atoms with Gasteiger partial charge >= 0.3 is 0 Å². The van der Waals surface area contributed by atoms with Gasteiger partial charge in [0.05, 0.1) is 28.6 Å². The number of thioether (sulfide) groups is 1. The van der Waals surface area contributed by atoms with Gasteiger partial charge in [0.25, 0.3) is 0 Å². The number of hydrogen-bond acceptors (Lipinski definition) is 6. The number of benzene rings is 2. The first kappa shape index (κ1) is 19.4. The zero-order valence-electron chi connectivity index (χ0n) is 14.7. The molecule has 0 spiro atoms. The average Bonchev–Trinajstić information content (AvgIpc) is 2.68. The van der Waals surface area contributed by atoms with E-state index in [1.807, 2.05) is 48.5 Å². The lowest BCUT2D eigenvalue weighted by Crippen LogP contribution is -2.28. The molecular formula is C19H19ClN4O2S. The molecule has 27 heavy (non-hydrogen) atoms. The summed E-state index contributed by atoms with van der Waals surface area (Å²) in [5.41, 5.74) is 1.56. The van der Waals surface area contributed by atoms with Crippen LogP contribution in [0.5, 0.6) is 0 Å². The Morgan fingerprint density at radius 3 is 2.74 bits per heavy atom. The number of methoxy groups -OCH3 is 1. The van der Waals surface area contributed by atoms with Crippen LogP contribution in [0.25, 0.3) is 10.9 Å². The van der Waals surface area contributed by atoms with Gasteiger partial charge in [-0.2, -0.15) is 0 Å². The minimum Gasteiger partial charge on any atom is -0.383 e. The summed E-state index contributed by atoms with van der Waals surface area (Å²) < 4.78 is 4.92. The van der Waals surface area contributed by atoms with Gasteiger partial charge in [-0.1, -0.05) is 47.6 Å². The third-order valence-corrected chi connectivity index (χ3v) is 4.85. The summed E-state index contributed by atoms with van der Waals surface area (Å²) in [5, 5.41) is 8.05. The average molecular weight is 403 g/mol. The normalized spacial score (nSPS) is 10.7. The van der Waals surface area contributed by atoms with E-state index in [0.29, 0.717) is 29.1 Å². The van der Waals surface area contributed by atoms with Crippen LogP contribution >= 0.6 is 23.4 Å². The summed E-state index contributed by atoms with van der Waals surface area (Å²) in [4.78, 5) is 21.0.